The van der Waals surface area contributed by atoms with Gasteiger partial charge in [0.1, 0.15) is 5.82 Å². The zero-order valence-electron chi connectivity index (χ0n) is 13.1. The van der Waals surface area contributed by atoms with Crippen molar-refractivity contribution in [1.82, 2.24) is 10.1 Å². The summed E-state index contributed by atoms with van der Waals surface area (Å²) >= 11 is 0. The van der Waals surface area contributed by atoms with Crippen LogP contribution in [0.1, 0.15) is 37.0 Å². The summed E-state index contributed by atoms with van der Waals surface area (Å²) in [5.74, 6) is -4.74. The molecule has 0 bridgehead atoms. The Hall–Kier alpha value is -1.93. The zero-order chi connectivity index (χ0) is 17.4. The van der Waals surface area contributed by atoms with Gasteiger partial charge in [0, 0.05) is 24.8 Å². The number of halogens is 3. The van der Waals surface area contributed by atoms with E-state index >= 15 is 0 Å². The van der Waals surface area contributed by atoms with Crippen molar-refractivity contribution in [2.75, 3.05) is 13.2 Å². The second-order valence-electron chi connectivity index (χ2n) is 6.06. The predicted molar refractivity (Wildman–Crippen MR) is 79.1 cm³/mol. The number of nitrogens with zero attached hydrogens (tertiary/aromatic N) is 2. The molecule has 1 aliphatic rings. The summed E-state index contributed by atoms with van der Waals surface area (Å²) in [6.45, 7) is 2.69. The second-order valence-corrected chi connectivity index (χ2v) is 6.06. The number of nitrogens with two attached hydrogens (primary N) is 1. The third-order valence-electron chi connectivity index (χ3n) is 4.60. The van der Waals surface area contributed by atoms with E-state index in [1.54, 1.807) is 6.92 Å². The van der Waals surface area contributed by atoms with Crippen LogP contribution in [0, 0.1) is 5.82 Å². The molecule has 1 atom stereocenters. The van der Waals surface area contributed by atoms with E-state index in [-0.39, 0.29) is 11.9 Å². The topological polar surface area (TPSA) is 74.2 Å². The molecule has 1 aromatic carbocycles. The summed E-state index contributed by atoms with van der Waals surface area (Å²) in [4.78, 5) is 3.94. The Morgan fingerprint density at radius 1 is 1.21 bits per heavy atom. The molecule has 1 saturated heterocycles. The lowest BCUT2D eigenvalue weighted by molar-refractivity contribution is 0.0284. The molecule has 3 rings (SSSR count). The van der Waals surface area contributed by atoms with Crippen LogP contribution in [0.2, 0.25) is 0 Å². The number of aromatic nitrogens is 2. The smallest absolute Gasteiger partial charge is 0.335 e. The molecule has 0 aliphatic carbocycles. The molecule has 130 valence electrons. The van der Waals surface area contributed by atoms with Gasteiger partial charge in [0.25, 0.3) is 0 Å². The quantitative estimate of drug-likeness (QED) is 0.926. The molecular weight excluding hydrogens is 323 g/mol. The van der Waals surface area contributed by atoms with E-state index in [9.17, 15) is 13.2 Å². The Balaban J connectivity index is 1.95. The SMILES string of the molecule is CC(N)C1(c2nc(C(F)(F)c3ccc(F)cc3)no2)CCOCC1. The molecule has 2 aromatic rings. The maximum Gasteiger partial charge on any atom is 0.335 e. The van der Waals surface area contributed by atoms with Gasteiger partial charge in [0.05, 0.1) is 5.41 Å². The first-order valence-corrected chi connectivity index (χ1v) is 7.68. The summed E-state index contributed by atoms with van der Waals surface area (Å²) < 4.78 is 52.5. The summed E-state index contributed by atoms with van der Waals surface area (Å²) in [7, 11) is 0. The lowest BCUT2D eigenvalue weighted by atomic mass is 9.74. The Labute approximate surface area is 137 Å². The Bertz CT molecular complexity index is 695. The number of hydrogen-bond donors (Lipinski definition) is 1. The standard InChI is InChI=1S/C16H18F3N3O2/c1-10(20)15(6-8-23-9-7-15)14-21-13(22-24-14)16(18,19)11-2-4-12(17)5-3-11/h2-5,10H,6-9,20H2,1H3. The molecule has 1 fully saturated rings. The van der Waals surface area contributed by atoms with Crippen LogP contribution in [0.15, 0.2) is 28.8 Å². The van der Waals surface area contributed by atoms with E-state index in [1.807, 2.05) is 0 Å². The Morgan fingerprint density at radius 2 is 1.83 bits per heavy atom. The number of alkyl halides is 2. The lowest BCUT2D eigenvalue weighted by Gasteiger charge is -2.36. The van der Waals surface area contributed by atoms with Gasteiger partial charge in [-0.25, -0.2) is 4.39 Å². The molecule has 0 spiro atoms. The van der Waals surface area contributed by atoms with E-state index < -0.39 is 28.5 Å². The van der Waals surface area contributed by atoms with Crippen LogP contribution < -0.4 is 5.73 Å². The fourth-order valence-corrected chi connectivity index (χ4v) is 2.94. The maximum absolute atomic E-state index is 14.6. The molecule has 24 heavy (non-hydrogen) atoms. The van der Waals surface area contributed by atoms with Gasteiger partial charge in [0.2, 0.25) is 11.7 Å². The molecule has 2 N–H and O–H groups in total. The van der Waals surface area contributed by atoms with Crippen molar-refractivity contribution in [3.05, 3.63) is 47.4 Å². The summed E-state index contributed by atoms with van der Waals surface area (Å²) in [5, 5.41) is 3.46. The number of rotatable bonds is 4. The van der Waals surface area contributed by atoms with Crippen molar-refractivity contribution in [2.45, 2.75) is 37.1 Å². The number of ether oxygens (including phenoxy) is 1. The van der Waals surface area contributed by atoms with E-state index in [0.717, 1.165) is 24.3 Å². The van der Waals surface area contributed by atoms with E-state index in [0.29, 0.717) is 26.1 Å². The van der Waals surface area contributed by atoms with Crippen LogP contribution >= 0.6 is 0 Å². The molecule has 5 nitrogen and oxygen atoms in total. The summed E-state index contributed by atoms with van der Waals surface area (Å²) in [6, 6.07) is 3.58. The van der Waals surface area contributed by atoms with Crippen LogP contribution in [0.25, 0.3) is 0 Å². The minimum absolute atomic E-state index is 0.0950. The highest BCUT2D eigenvalue weighted by molar-refractivity contribution is 5.27. The van der Waals surface area contributed by atoms with Crippen LogP contribution in [-0.4, -0.2) is 29.4 Å². The van der Waals surface area contributed by atoms with E-state index in [4.69, 9.17) is 15.0 Å². The Morgan fingerprint density at radius 3 is 2.42 bits per heavy atom. The van der Waals surface area contributed by atoms with Crippen molar-refractivity contribution in [2.24, 2.45) is 5.73 Å². The maximum atomic E-state index is 14.6. The van der Waals surface area contributed by atoms with Crippen molar-refractivity contribution in [3.8, 4) is 0 Å². The van der Waals surface area contributed by atoms with Gasteiger partial charge in [-0.2, -0.15) is 13.8 Å². The molecule has 0 amide bonds. The van der Waals surface area contributed by atoms with Crippen molar-refractivity contribution in [3.63, 3.8) is 0 Å². The van der Waals surface area contributed by atoms with Crippen LogP contribution in [0.3, 0.4) is 0 Å². The minimum Gasteiger partial charge on any atom is -0.381 e. The zero-order valence-corrected chi connectivity index (χ0v) is 13.1. The van der Waals surface area contributed by atoms with Crippen molar-refractivity contribution < 1.29 is 22.4 Å². The molecule has 2 heterocycles. The summed E-state index contributed by atoms with van der Waals surface area (Å²) in [6.07, 6.45) is 1.04. The normalized spacial score (nSPS) is 19.2. The average molecular weight is 341 g/mol. The number of benzene rings is 1. The highest BCUT2D eigenvalue weighted by Crippen LogP contribution is 2.39. The van der Waals surface area contributed by atoms with Gasteiger partial charge in [-0.15, -0.1) is 0 Å². The Kier molecular flexibility index (Phi) is 4.35. The van der Waals surface area contributed by atoms with Crippen LogP contribution in [0.4, 0.5) is 13.2 Å². The average Bonchev–Trinajstić information content (AvgIpc) is 3.07. The third kappa shape index (κ3) is 2.80. The first-order chi connectivity index (χ1) is 11.4. The first kappa shape index (κ1) is 16.9. The fourth-order valence-electron chi connectivity index (χ4n) is 2.94. The van der Waals surface area contributed by atoms with Crippen molar-refractivity contribution in [1.29, 1.82) is 0 Å². The van der Waals surface area contributed by atoms with Crippen molar-refractivity contribution >= 4 is 0 Å². The lowest BCUT2D eigenvalue weighted by Crippen LogP contribution is -2.47. The largest absolute Gasteiger partial charge is 0.381 e. The first-order valence-electron chi connectivity index (χ1n) is 7.68. The van der Waals surface area contributed by atoms with Gasteiger partial charge < -0.3 is 15.0 Å². The molecule has 1 aliphatic heterocycles. The minimum atomic E-state index is -3.49. The third-order valence-corrected chi connectivity index (χ3v) is 4.60. The molecule has 0 saturated carbocycles. The second kappa shape index (κ2) is 6.18. The molecule has 1 aromatic heterocycles. The summed E-state index contributed by atoms with van der Waals surface area (Å²) in [5.41, 5.74) is 4.98. The number of hydrogen-bond acceptors (Lipinski definition) is 5. The highest BCUT2D eigenvalue weighted by atomic mass is 19.3. The fraction of sp³-hybridized carbons (Fsp3) is 0.500. The monoisotopic (exact) mass is 341 g/mol. The van der Waals surface area contributed by atoms with Crippen LogP contribution in [-0.2, 0) is 16.1 Å². The predicted octanol–water partition coefficient (Wildman–Crippen LogP) is 2.74. The van der Waals surface area contributed by atoms with E-state index in [2.05, 4.69) is 10.1 Å². The highest BCUT2D eigenvalue weighted by Gasteiger charge is 2.46. The van der Waals surface area contributed by atoms with E-state index in [1.165, 1.54) is 0 Å². The van der Waals surface area contributed by atoms with Gasteiger partial charge >= 0.3 is 5.92 Å². The van der Waals surface area contributed by atoms with Crippen LogP contribution in [0.5, 0.6) is 0 Å². The van der Waals surface area contributed by atoms with Gasteiger partial charge in [-0.1, -0.05) is 5.16 Å². The molecule has 1 unspecified atom stereocenters. The van der Waals surface area contributed by atoms with Gasteiger partial charge in [-0.3, -0.25) is 0 Å². The molecule has 0 radical (unpaired) electrons. The van der Waals surface area contributed by atoms with Gasteiger partial charge in [-0.05, 0) is 44.0 Å². The molecule has 8 heteroatoms. The van der Waals surface area contributed by atoms with Gasteiger partial charge in [0.15, 0.2) is 0 Å². The molecular formula is C16H18F3N3O2.